The molecule has 0 spiro atoms. The summed E-state index contributed by atoms with van der Waals surface area (Å²) in [6, 6.07) is 0. The van der Waals surface area contributed by atoms with E-state index in [0.717, 1.165) is 0 Å². The molecule has 4 heteroatoms. The molecule has 0 amide bonds. The smallest absolute Gasteiger partial charge is 1.00 e. The minimum atomic E-state index is 0. The largest absolute Gasteiger partial charge is 2.00 e. The fourth-order valence-corrected chi connectivity index (χ4v) is 0. The molecular formula is HK2NaS. The van der Waals surface area contributed by atoms with Crippen LogP contribution < -0.4 is 132 Å². The maximum Gasteiger partial charge on any atom is 1.00 e. The van der Waals surface area contributed by atoms with Gasteiger partial charge in [0.25, 0.3) is 0 Å². The van der Waals surface area contributed by atoms with Crippen LogP contribution in [-0.2, 0) is 13.5 Å². The van der Waals surface area contributed by atoms with Crippen LogP contribution in [0.2, 0.25) is 0 Å². The first kappa shape index (κ1) is 23.4. The van der Waals surface area contributed by atoms with E-state index in [9.17, 15) is 0 Å². The molecule has 0 aromatic heterocycles. The van der Waals surface area contributed by atoms with Gasteiger partial charge in [-0.2, -0.15) is 0 Å². The van der Waals surface area contributed by atoms with Crippen molar-refractivity contribution in [3.05, 3.63) is 0 Å². The minimum Gasteiger partial charge on any atom is -2.00 e. The third-order valence-electron chi connectivity index (χ3n) is 0. The van der Waals surface area contributed by atoms with Crippen LogP contribution in [0.25, 0.3) is 0 Å². The molecule has 0 saturated carbocycles. The molecule has 0 aromatic carbocycles. The van der Waals surface area contributed by atoms with Crippen molar-refractivity contribution in [1.29, 1.82) is 0 Å². The summed E-state index contributed by atoms with van der Waals surface area (Å²) >= 11 is 0. The third kappa shape index (κ3) is 9.80. The molecule has 0 unspecified atom stereocenters. The van der Waals surface area contributed by atoms with Crippen LogP contribution in [0, 0.1) is 0 Å². The van der Waals surface area contributed by atoms with Crippen molar-refractivity contribution in [3.63, 3.8) is 0 Å². The molecule has 0 bridgehead atoms. The zero-order valence-corrected chi connectivity index (χ0v) is 12.5. The number of hydrogen-bond donors (Lipinski definition) is 0. The van der Waals surface area contributed by atoms with Gasteiger partial charge in [-0.1, -0.05) is 0 Å². The summed E-state index contributed by atoms with van der Waals surface area (Å²) in [4.78, 5) is 0. The predicted molar refractivity (Wildman–Crippen MR) is 8.48 cm³/mol. The fraction of sp³-hybridized carbons (Fsp3) is 0. The van der Waals surface area contributed by atoms with E-state index in [2.05, 4.69) is 0 Å². The Hall–Kier alpha value is 4.62. The maximum absolute atomic E-state index is 0. The number of rotatable bonds is 0. The molecule has 0 aliphatic rings. The van der Waals surface area contributed by atoms with Crippen molar-refractivity contribution in [3.8, 4) is 0 Å². The van der Waals surface area contributed by atoms with Crippen LogP contribution in [0.3, 0.4) is 0 Å². The summed E-state index contributed by atoms with van der Waals surface area (Å²) in [6.07, 6.45) is 0. The quantitative estimate of drug-likeness (QED) is 0.289. The van der Waals surface area contributed by atoms with Crippen molar-refractivity contribution in [1.82, 2.24) is 0 Å². The van der Waals surface area contributed by atoms with Gasteiger partial charge in [0.2, 0.25) is 0 Å². The molecule has 0 rings (SSSR count). The molecule has 0 radical (unpaired) electrons. The van der Waals surface area contributed by atoms with E-state index in [1.165, 1.54) is 0 Å². The number of hydrogen-bond acceptors (Lipinski definition) is 0. The molecule has 0 aromatic rings. The average Bonchev–Trinajstić information content (AvgIpc) is 0. The van der Waals surface area contributed by atoms with E-state index < -0.39 is 0 Å². The summed E-state index contributed by atoms with van der Waals surface area (Å²) in [6.45, 7) is 0. The summed E-state index contributed by atoms with van der Waals surface area (Å²) < 4.78 is 0. The predicted octanol–water partition coefficient (Wildman–Crippen LogP) is -8.88. The van der Waals surface area contributed by atoms with E-state index in [1.54, 1.807) is 0 Å². The standard InChI is InChI=1S/2K.Na.S.H/q3*+1;-2;-1. The zero-order chi connectivity index (χ0) is 0. The normalized spacial score (nSPS) is 0. The van der Waals surface area contributed by atoms with Gasteiger partial charge >= 0.3 is 132 Å². The van der Waals surface area contributed by atoms with E-state index in [0.29, 0.717) is 0 Å². The van der Waals surface area contributed by atoms with Crippen molar-refractivity contribution in [2.24, 2.45) is 0 Å². The second kappa shape index (κ2) is 15.6. The van der Waals surface area contributed by atoms with E-state index in [1.807, 2.05) is 0 Å². The van der Waals surface area contributed by atoms with E-state index in [4.69, 9.17) is 0 Å². The average molecular weight is 134 g/mol. The summed E-state index contributed by atoms with van der Waals surface area (Å²) in [5, 5.41) is 0. The first-order valence-corrected chi connectivity index (χ1v) is 0. The molecule has 0 fully saturated rings. The van der Waals surface area contributed by atoms with Gasteiger partial charge in [-0.3, -0.25) is 0 Å². The molecule has 0 atom stereocenters. The van der Waals surface area contributed by atoms with Crippen LogP contribution in [0.1, 0.15) is 1.43 Å². The van der Waals surface area contributed by atoms with Crippen molar-refractivity contribution in [2.75, 3.05) is 0 Å². The van der Waals surface area contributed by atoms with Gasteiger partial charge in [-0.05, 0) is 0 Å². The topological polar surface area (TPSA) is 0 Å². The fourth-order valence-electron chi connectivity index (χ4n) is 0. The van der Waals surface area contributed by atoms with E-state index >= 15 is 0 Å². The molecule has 0 nitrogen and oxygen atoms in total. The van der Waals surface area contributed by atoms with Gasteiger partial charge < -0.3 is 14.9 Å². The Morgan fingerprint density at radius 2 is 1.00 bits per heavy atom. The van der Waals surface area contributed by atoms with E-state index in [-0.39, 0.29) is 147 Å². The third-order valence-corrected chi connectivity index (χ3v) is 0. The minimum absolute atomic E-state index is 0. The van der Waals surface area contributed by atoms with Crippen molar-refractivity contribution in [2.45, 2.75) is 0 Å². The Morgan fingerprint density at radius 3 is 1.00 bits per heavy atom. The molecule has 4 heavy (non-hydrogen) atoms. The van der Waals surface area contributed by atoms with Crippen LogP contribution in [-0.4, -0.2) is 0 Å². The van der Waals surface area contributed by atoms with Crippen LogP contribution in [0.15, 0.2) is 0 Å². The van der Waals surface area contributed by atoms with Crippen LogP contribution >= 0.6 is 0 Å². The van der Waals surface area contributed by atoms with Gasteiger partial charge in [0, 0.05) is 0 Å². The monoisotopic (exact) mass is 134 g/mol. The Morgan fingerprint density at radius 1 is 1.00 bits per heavy atom. The summed E-state index contributed by atoms with van der Waals surface area (Å²) in [7, 11) is 0. The first-order valence-electron chi connectivity index (χ1n) is 0. The Balaban J connectivity index is 0. The van der Waals surface area contributed by atoms with Gasteiger partial charge in [0.15, 0.2) is 0 Å². The Kier molecular flexibility index (Phi) is 91.7. The molecule has 0 saturated heterocycles. The van der Waals surface area contributed by atoms with Gasteiger partial charge in [0.05, 0.1) is 0 Å². The van der Waals surface area contributed by atoms with Crippen LogP contribution in [0.5, 0.6) is 0 Å². The molecular weight excluding hydrogens is 133 g/mol. The molecule has 0 N–H and O–H groups in total. The summed E-state index contributed by atoms with van der Waals surface area (Å²) in [5.74, 6) is 0. The SMILES string of the molecule is [H-].[K+].[K+].[Na+].[S-2]. The molecule has 10 valence electrons. The maximum atomic E-state index is 0. The van der Waals surface area contributed by atoms with Crippen molar-refractivity contribution < 1.29 is 134 Å². The van der Waals surface area contributed by atoms with Gasteiger partial charge in [0.1, 0.15) is 0 Å². The molecule has 0 heterocycles. The van der Waals surface area contributed by atoms with Crippen LogP contribution in [0.4, 0.5) is 0 Å². The van der Waals surface area contributed by atoms with Gasteiger partial charge in [-0.25, -0.2) is 0 Å². The second-order valence-electron chi connectivity index (χ2n) is 0. The molecule has 0 aliphatic carbocycles. The van der Waals surface area contributed by atoms with Crippen molar-refractivity contribution >= 4 is 13.5 Å². The summed E-state index contributed by atoms with van der Waals surface area (Å²) in [5.41, 5.74) is 0. The zero-order valence-electron chi connectivity index (χ0n) is 4.41. The molecule has 0 aliphatic heterocycles. The Labute approximate surface area is 142 Å². The first-order chi connectivity index (χ1) is 0. The van der Waals surface area contributed by atoms with Gasteiger partial charge in [-0.15, -0.1) is 0 Å². The second-order valence-corrected chi connectivity index (χ2v) is 0. The Bertz CT molecular complexity index is 9.61.